The first-order valence-corrected chi connectivity index (χ1v) is 7.28. The SMILES string of the molecule is CC1COCCN1C(=O)CCCCc1ccc(F)cc1. The molecule has 4 heteroatoms. The summed E-state index contributed by atoms with van der Waals surface area (Å²) < 4.78 is 18.1. The average Bonchev–Trinajstić information content (AvgIpc) is 2.46. The van der Waals surface area contributed by atoms with E-state index >= 15 is 0 Å². The molecule has 1 aromatic carbocycles. The van der Waals surface area contributed by atoms with Gasteiger partial charge in [0.1, 0.15) is 5.82 Å². The molecule has 0 radical (unpaired) electrons. The van der Waals surface area contributed by atoms with Crippen molar-refractivity contribution in [2.75, 3.05) is 19.8 Å². The second kappa shape index (κ2) is 7.39. The Balaban J connectivity index is 1.67. The van der Waals surface area contributed by atoms with Crippen LogP contribution in [-0.2, 0) is 16.0 Å². The van der Waals surface area contributed by atoms with Crippen LogP contribution in [0.2, 0.25) is 0 Å². The Labute approximate surface area is 119 Å². The Bertz CT molecular complexity index is 433. The van der Waals surface area contributed by atoms with Crippen LogP contribution in [0.4, 0.5) is 4.39 Å². The van der Waals surface area contributed by atoms with E-state index in [0.717, 1.165) is 24.8 Å². The van der Waals surface area contributed by atoms with Crippen molar-refractivity contribution in [1.29, 1.82) is 0 Å². The molecular formula is C16H22FNO2. The summed E-state index contributed by atoms with van der Waals surface area (Å²) in [5.74, 6) is 0.0186. The first kappa shape index (κ1) is 15.0. The van der Waals surface area contributed by atoms with E-state index in [1.165, 1.54) is 12.1 Å². The lowest BCUT2D eigenvalue weighted by Gasteiger charge is -2.33. The first-order chi connectivity index (χ1) is 9.66. The summed E-state index contributed by atoms with van der Waals surface area (Å²) in [5.41, 5.74) is 1.12. The molecule has 0 saturated carbocycles. The molecule has 0 spiro atoms. The Morgan fingerprint density at radius 1 is 1.35 bits per heavy atom. The lowest BCUT2D eigenvalue weighted by molar-refractivity contribution is -0.139. The van der Waals surface area contributed by atoms with E-state index in [9.17, 15) is 9.18 Å². The van der Waals surface area contributed by atoms with E-state index < -0.39 is 0 Å². The van der Waals surface area contributed by atoms with Crippen LogP contribution in [0.15, 0.2) is 24.3 Å². The van der Waals surface area contributed by atoms with Gasteiger partial charge in [0.15, 0.2) is 0 Å². The second-order valence-electron chi connectivity index (χ2n) is 5.34. The van der Waals surface area contributed by atoms with E-state index in [1.54, 1.807) is 12.1 Å². The van der Waals surface area contributed by atoms with Crippen molar-refractivity contribution in [2.45, 2.75) is 38.6 Å². The summed E-state index contributed by atoms with van der Waals surface area (Å²) in [6.45, 7) is 4.01. The number of carbonyl (C=O) groups is 1. The summed E-state index contributed by atoms with van der Waals surface area (Å²) in [5, 5.41) is 0. The van der Waals surface area contributed by atoms with Gasteiger partial charge in [-0.05, 0) is 43.9 Å². The van der Waals surface area contributed by atoms with E-state index in [1.807, 2.05) is 11.8 Å². The number of aryl methyl sites for hydroxylation is 1. The van der Waals surface area contributed by atoms with Crippen molar-refractivity contribution in [3.05, 3.63) is 35.6 Å². The van der Waals surface area contributed by atoms with Gasteiger partial charge in [-0.2, -0.15) is 0 Å². The number of nitrogens with zero attached hydrogens (tertiary/aromatic N) is 1. The van der Waals surface area contributed by atoms with Gasteiger partial charge in [0, 0.05) is 13.0 Å². The zero-order valence-corrected chi connectivity index (χ0v) is 12.0. The number of morpholine rings is 1. The molecule has 3 nitrogen and oxygen atoms in total. The number of hydrogen-bond donors (Lipinski definition) is 0. The maximum Gasteiger partial charge on any atom is 0.222 e. The van der Waals surface area contributed by atoms with Crippen LogP contribution in [0, 0.1) is 5.82 Å². The van der Waals surface area contributed by atoms with Crippen molar-refractivity contribution >= 4 is 5.91 Å². The maximum atomic E-state index is 12.8. The highest BCUT2D eigenvalue weighted by molar-refractivity contribution is 5.76. The van der Waals surface area contributed by atoms with Gasteiger partial charge in [-0.25, -0.2) is 4.39 Å². The van der Waals surface area contributed by atoms with E-state index in [0.29, 0.717) is 26.2 Å². The van der Waals surface area contributed by atoms with Crippen LogP contribution in [0.5, 0.6) is 0 Å². The number of carbonyl (C=O) groups excluding carboxylic acids is 1. The van der Waals surface area contributed by atoms with E-state index in [4.69, 9.17) is 4.74 Å². The molecule has 1 amide bonds. The van der Waals surface area contributed by atoms with Crippen molar-refractivity contribution in [1.82, 2.24) is 4.90 Å². The van der Waals surface area contributed by atoms with Crippen molar-refractivity contribution in [3.8, 4) is 0 Å². The highest BCUT2D eigenvalue weighted by atomic mass is 19.1. The van der Waals surface area contributed by atoms with E-state index in [-0.39, 0.29) is 17.8 Å². The molecule has 1 aromatic rings. The molecule has 1 atom stereocenters. The summed E-state index contributed by atoms with van der Waals surface area (Å²) in [6.07, 6.45) is 3.31. The fraction of sp³-hybridized carbons (Fsp3) is 0.562. The van der Waals surface area contributed by atoms with Crippen LogP contribution in [0.3, 0.4) is 0 Å². The molecular weight excluding hydrogens is 257 g/mol. The molecule has 0 aromatic heterocycles. The molecule has 1 aliphatic heterocycles. The van der Waals surface area contributed by atoms with Gasteiger partial charge in [0.25, 0.3) is 0 Å². The molecule has 0 N–H and O–H groups in total. The van der Waals surface area contributed by atoms with Gasteiger partial charge in [0.2, 0.25) is 5.91 Å². The number of halogens is 1. The lowest BCUT2D eigenvalue weighted by Crippen LogP contribution is -2.47. The molecule has 1 aliphatic rings. The Kier molecular flexibility index (Phi) is 5.53. The van der Waals surface area contributed by atoms with Gasteiger partial charge in [-0.3, -0.25) is 4.79 Å². The first-order valence-electron chi connectivity index (χ1n) is 7.28. The standard InChI is InChI=1S/C16H22FNO2/c1-13-12-20-11-10-18(13)16(19)5-3-2-4-14-6-8-15(17)9-7-14/h6-9,13H,2-5,10-12H2,1H3. The fourth-order valence-corrected chi connectivity index (χ4v) is 2.50. The lowest BCUT2D eigenvalue weighted by atomic mass is 10.1. The van der Waals surface area contributed by atoms with Gasteiger partial charge in [0.05, 0.1) is 19.3 Å². The maximum absolute atomic E-state index is 12.8. The van der Waals surface area contributed by atoms with Crippen molar-refractivity contribution in [2.24, 2.45) is 0 Å². The fourth-order valence-electron chi connectivity index (χ4n) is 2.50. The third-order valence-corrected chi connectivity index (χ3v) is 3.71. The molecule has 1 unspecified atom stereocenters. The van der Waals surface area contributed by atoms with Crippen LogP contribution in [-0.4, -0.2) is 36.6 Å². The predicted molar refractivity (Wildman–Crippen MR) is 75.9 cm³/mol. The topological polar surface area (TPSA) is 29.5 Å². The number of unbranched alkanes of at least 4 members (excludes halogenated alkanes) is 1. The third-order valence-electron chi connectivity index (χ3n) is 3.71. The molecule has 1 fully saturated rings. The molecule has 110 valence electrons. The summed E-state index contributed by atoms with van der Waals surface area (Å²) in [4.78, 5) is 14.0. The molecule has 0 aliphatic carbocycles. The van der Waals surface area contributed by atoms with Crippen molar-refractivity contribution < 1.29 is 13.9 Å². The smallest absolute Gasteiger partial charge is 0.222 e. The van der Waals surface area contributed by atoms with Crippen LogP contribution in [0.25, 0.3) is 0 Å². The zero-order chi connectivity index (χ0) is 14.4. The minimum atomic E-state index is -0.203. The zero-order valence-electron chi connectivity index (χ0n) is 12.0. The molecule has 1 saturated heterocycles. The highest BCUT2D eigenvalue weighted by Crippen LogP contribution is 2.12. The van der Waals surface area contributed by atoms with Crippen LogP contribution >= 0.6 is 0 Å². The quantitative estimate of drug-likeness (QED) is 0.776. The largest absolute Gasteiger partial charge is 0.377 e. The van der Waals surface area contributed by atoms with Crippen LogP contribution < -0.4 is 0 Å². The predicted octanol–water partition coefficient (Wildman–Crippen LogP) is 2.79. The molecule has 20 heavy (non-hydrogen) atoms. The minimum absolute atomic E-state index is 0.188. The van der Waals surface area contributed by atoms with Gasteiger partial charge < -0.3 is 9.64 Å². The monoisotopic (exact) mass is 279 g/mol. The number of hydrogen-bond acceptors (Lipinski definition) is 2. The summed E-state index contributed by atoms with van der Waals surface area (Å²) in [7, 11) is 0. The van der Waals surface area contributed by atoms with E-state index in [2.05, 4.69) is 0 Å². The number of benzene rings is 1. The molecule has 0 bridgehead atoms. The van der Waals surface area contributed by atoms with Gasteiger partial charge >= 0.3 is 0 Å². The van der Waals surface area contributed by atoms with Crippen LogP contribution in [0.1, 0.15) is 31.7 Å². The number of amides is 1. The summed E-state index contributed by atoms with van der Waals surface area (Å²) in [6, 6.07) is 6.77. The number of ether oxygens (including phenoxy) is 1. The highest BCUT2D eigenvalue weighted by Gasteiger charge is 2.22. The Hall–Kier alpha value is -1.42. The Morgan fingerprint density at radius 3 is 2.80 bits per heavy atom. The average molecular weight is 279 g/mol. The van der Waals surface area contributed by atoms with Crippen molar-refractivity contribution in [3.63, 3.8) is 0 Å². The molecule has 1 heterocycles. The minimum Gasteiger partial charge on any atom is -0.377 e. The Morgan fingerprint density at radius 2 is 2.10 bits per heavy atom. The van der Waals surface area contributed by atoms with Gasteiger partial charge in [-0.15, -0.1) is 0 Å². The summed E-state index contributed by atoms with van der Waals surface area (Å²) >= 11 is 0. The molecule has 2 rings (SSSR count). The number of rotatable bonds is 5. The second-order valence-corrected chi connectivity index (χ2v) is 5.34. The normalized spacial score (nSPS) is 19.1. The third kappa shape index (κ3) is 4.30. The van der Waals surface area contributed by atoms with Gasteiger partial charge in [-0.1, -0.05) is 12.1 Å².